The number of carboxylic acid groups (broad SMARTS) is 1. The second-order valence-corrected chi connectivity index (χ2v) is 9.42. The van der Waals surface area contributed by atoms with Crippen molar-refractivity contribution in [3.05, 3.63) is 29.2 Å². The van der Waals surface area contributed by atoms with E-state index in [0.717, 1.165) is 25.7 Å². The fraction of sp³-hybridized carbons (Fsp3) is 0.640. The average molecular weight is 492 g/mol. The molecule has 0 aliphatic heterocycles. The summed E-state index contributed by atoms with van der Waals surface area (Å²) in [4.78, 5) is 29.8. The Balaban J connectivity index is 0.00000432. The van der Waals surface area contributed by atoms with E-state index < -0.39 is 12.1 Å². The van der Waals surface area contributed by atoms with Crippen LogP contribution in [0.25, 0.3) is 5.70 Å². The van der Waals surface area contributed by atoms with Crippen LogP contribution in [0.1, 0.15) is 63.8 Å². The number of pyridine rings is 1. The number of aliphatic carboxylic acids is 1. The van der Waals surface area contributed by atoms with Crippen LogP contribution >= 0.6 is 0 Å². The molecule has 5 N–H and O–H groups in total. The highest BCUT2D eigenvalue weighted by Crippen LogP contribution is 2.30. The van der Waals surface area contributed by atoms with Crippen molar-refractivity contribution in [2.24, 2.45) is 23.4 Å². The second-order valence-electron chi connectivity index (χ2n) is 9.42. The number of carbonyl (C=O) groups is 2. The second kappa shape index (κ2) is 12.6. The Morgan fingerprint density at radius 1 is 1.17 bits per heavy atom. The van der Waals surface area contributed by atoms with Crippen LogP contribution in [0.2, 0.25) is 0 Å². The van der Waals surface area contributed by atoms with E-state index in [-0.39, 0.29) is 26.1 Å². The highest BCUT2D eigenvalue weighted by atomic mass is 16.6. The first-order valence-electron chi connectivity index (χ1n) is 11.9. The predicted octanol–water partition coefficient (Wildman–Crippen LogP) is 3.35. The molecule has 35 heavy (non-hydrogen) atoms. The van der Waals surface area contributed by atoms with Crippen molar-refractivity contribution in [3.63, 3.8) is 0 Å². The van der Waals surface area contributed by atoms with Crippen LogP contribution in [0.4, 0.5) is 4.79 Å². The molecule has 10 heteroatoms. The van der Waals surface area contributed by atoms with Crippen LogP contribution in [-0.4, -0.2) is 65.4 Å². The summed E-state index contributed by atoms with van der Waals surface area (Å²) < 4.78 is 11.5. The van der Waals surface area contributed by atoms with Gasteiger partial charge in [-0.05, 0) is 63.5 Å². The SMILES string of the molecule is C.Cc1nc(/C(N)=C(\COC(=O)N(C)CC2CCC2)N(C)N)ccc1OC1CCCC(C(=O)O)C1. The molecule has 196 valence electrons. The van der Waals surface area contributed by atoms with Gasteiger partial charge >= 0.3 is 12.1 Å². The monoisotopic (exact) mass is 491 g/mol. The molecule has 2 aliphatic rings. The summed E-state index contributed by atoms with van der Waals surface area (Å²) in [5, 5.41) is 10.6. The molecule has 0 aromatic carbocycles. The van der Waals surface area contributed by atoms with Gasteiger partial charge in [-0.1, -0.05) is 13.8 Å². The van der Waals surface area contributed by atoms with Crippen LogP contribution < -0.4 is 16.3 Å². The third-order valence-electron chi connectivity index (χ3n) is 6.72. The number of likely N-dealkylation sites (N-methyl/N-ethyl adjacent to an activating group) is 1. The van der Waals surface area contributed by atoms with Crippen molar-refractivity contribution < 1.29 is 24.2 Å². The van der Waals surface area contributed by atoms with Crippen molar-refractivity contribution in [2.75, 3.05) is 27.2 Å². The Labute approximate surface area is 208 Å². The molecule has 2 unspecified atom stereocenters. The Hall–Kier alpha value is -3.01. The number of ether oxygens (including phenoxy) is 2. The minimum Gasteiger partial charge on any atom is -0.489 e. The number of aryl methyl sites for hydroxylation is 1. The van der Waals surface area contributed by atoms with E-state index in [1.165, 1.54) is 11.4 Å². The standard InChI is InChI=1S/C24H37N5O5.CH4/c1-15-21(34-18-9-5-8-17(12-18)23(30)31)11-10-19(27-15)22(25)20(29(3)26)14-33-24(32)28(2)13-16-6-4-7-16;/h10-11,16-18H,4-9,12-14,25-26H2,1-3H3,(H,30,31);1H4/b22-20-;. The largest absolute Gasteiger partial charge is 0.489 e. The van der Waals surface area contributed by atoms with E-state index in [4.69, 9.17) is 21.1 Å². The van der Waals surface area contributed by atoms with Crippen molar-refractivity contribution in [1.29, 1.82) is 0 Å². The van der Waals surface area contributed by atoms with Crippen molar-refractivity contribution in [1.82, 2.24) is 14.9 Å². The zero-order valence-electron chi connectivity index (χ0n) is 20.3. The average Bonchev–Trinajstić information content (AvgIpc) is 2.77. The maximum Gasteiger partial charge on any atom is 0.409 e. The Kier molecular flexibility index (Phi) is 10.2. The lowest BCUT2D eigenvalue weighted by Crippen LogP contribution is -2.37. The third-order valence-corrected chi connectivity index (χ3v) is 6.72. The molecule has 0 bridgehead atoms. The molecule has 2 saturated carbocycles. The van der Waals surface area contributed by atoms with Crippen LogP contribution in [0, 0.1) is 18.8 Å². The maximum atomic E-state index is 12.4. The van der Waals surface area contributed by atoms with Gasteiger partial charge in [0.15, 0.2) is 0 Å². The van der Waals surface area contributed by atoms with Crippen LogP contribution in [-0.2, 0) is 9.53 Å². The van der Waals surface area contributed by atoms with E-state index in [1.54, 1.807) is 31.1 Å². The summed E-state index contributed by atoms with van der Waals surface area (Å²) in [6, 6.07) is 3.50. The summed E-state index contributed by atoms with van der Waals surface area (Å²) in [5.74, 6) is 5.97. The molecule has 2 aliphatic carbocycles. The molecule has 2 fully saturated rings. The van der Waals surface area contributed by atoms with E-state index in [9.17, 15) is 14.7 Å². The fourth-order valence-electron chi connectivity index (χ4n) is 4.37. The molecule has 10 nitrogen and oxygen atoms in total. The van der Waals surface area contributed by atoms with Gasteiger partial charge < -0.3 is 30.2 Å². The maximum absolute atomic E-state index is 12.4. The normalized spacial score (nSPS) is 20.6. The van der Waals surface area contributed by atoms with Gasteiger partial charge in [-0.3, -0.25) is 4.79 Å². The molecule has 1 heterocycles. The van der Waals surface area contributed by atoms with Gasteiger partial charge in [0.05, 0.1) is 34.8 Å². The number of hydrogen-bond acceptors (Lipinski definition) is 8. The minimum absolute atomic E-state index is 0. The zero-order chi connectivity index (χ0) is 24.8. The first-order valence-corrected chi connectivity index (χ1v) is 11.9. The molecule has 3 rings (SSSR count). The van der Waals surface area contributed by atoms with E-state index in [2.05, 4.69) is 4.98 Å². The first kappa shape index (κ1) is 28.2. The molecule has 1 amide bonds. The molecular formula is C25H41N5O5. The molecule has 0 saturated heterocycles. The number of nitrogens with two attached hydrogens (primary N) is 2. The number of aromatic nitrogens is 1. The smallest absolute Gasteiger partial charge is 0.409 e. The number of hydrogen-bond donors (Lipinski definition) is 3. The van der Waals surface area contributed by atoms with Crippen LogP contribution in [0.3, 0.4) is 0 Å². The van der Waals surface area contributed by atoms with Gasteiger partial charge in [0, 0.05) is 20.6 Å². The Morgan fingerprint density at radius 3 is 2.43 bits per heavy atom. The molecular weight excluding hydrogens is 450 g/mol. The molecule has 0 spiro atoms. The lowest BCUT2D eigenvalue weighted by atomic mass is 9.85. The van der Waals surface area contributed by atoms with E-state index in [1.807, 2.05) is 6.92 Å². The number of rotatable bonds is 9. The number of carbonyl (C=O) groups excluding carboxylic acids is 1. The summed E-state index contributed by atoms with van der Waals surface area (Å²) in [6.45, 7) is 2.41. The minimum atomic E-state index is -0.773. The lowest BCUT2D eigenvalue weighted by Gasteiger charge is -2.30. The summed E-state index contributed by atoms with van der Waals surface area (Å²) in [5.41, 5.74) is 8.21. The zero-order valence-corrected chi connectivity index (χ0v) is 20.3. The Bertz CT molecular complexity index is 916. The summed E-state index contributed by atoms with van der Waals surface area (Å²) in [7, 11) is 3.36. The third kappa shape index (κ3) is 7.48. The lowest BCUT2D eigenvalue weighted by molar-refractivity contribution is -0.143. The molecule has 2 atom stereocenters. The fourth-order valence-corrected chi connectivity index (χ4v) is 4.37. The topological polar surface area (TPSA) is 144 Å². The van der Waals surface area contributed by atoms with Gasteiger partial charge in [0.25, 0.3) is 0 Å². The van der Waals surface area contributed by atoms with Gasteiger partial charge in [-0.25, -0.2) is 15.6 Å². The first-order chi connectivity index (χ1) is 16.2. The van der Waals surface area contributed by atoms with Crippen molar-refractivity contribution in [3.8, 4) is 5.75 Å². The summed E-state index contributed by atoms with van der Waals surface area (Å²) >= 11 is 0. The quantitative estimate of drug-likeness (QED) is 0.350. The number of hydrazine groups is 1. The van der Waals surface area contributed by atoms with Crippen LogP contribution in [0.15, 0.2) is 17.8 Å². The van der Waals surface area contributed by atoms with Crippen LogP contribution in [0.5, 0.6) is 5.75 Å². The molecule has 1 aromatic heterocycles. The Morgan fingerprint density at radius 2 is 1.86 bits per heavy atom. The highest BCUT2D eigenvalue weighted by molar-refractivity contribution is 5.70. The van der Waals surface area contributed by atoms with Gasteiger partial charge in [0.1, 0.15) is 12.4 Å². The molecule has 1 aromatic rings. The number of amides is 1. The summed E-state index contributed by atoms with van der Waals surface area (Å²) in [6.07, 6.45) is 5.74. The van der Waals surface area contributed by atoms with E-state index in [0.29, 0.717) is 53.8 Å². The van der Waals surface area contributed by atoms with E-state index >= 15 is 0 Å². The van der Waals surface area contributed by atoms with Gasteiger partial charge in [-0.15, -0.1) is 0 Å². The van der Waals surface area contributed by atoms with Gasteiger partial charge in [0.2, 0.25) is 0 Å². The number of nitrogens with zero attached hydrogens (tertiary/aromatic N) is 3. The number of carboxylic acids is 1. The highest BCUT2D eigenvalue weighted by Gasteiger charge is 2.28. The van der Waals surface area contributed by atoms with Crippen molar-refractivity contribution in [2.45, 2.75) is 65.4 Å². The molecule has 0 radical (unpaired) electrons. The van der Waals surface area contributed by atoms with Gasteiger partial charge in [-0.2, -0.15) is 0 Å². The predicted molar refractivity (Wildman–Crippen MR) is 134 cm³/mol. The van der Waals surface area contributed by atoms with Crippen molar-refractivity contribution >= 4 is 17.8 Å².